The van der Waals surface area contributed by atoms with Crippen LogP contribution in [0.4, 0.5) is 0 Å². The van der Waals surface area contributed by atoms with Crippen molar-refractivity contribution in [2.24, 2.45) is 0 Å². The molecule has 0 aliphatic heterocycles. The van der Waals surface area contributed by atoms with E-state index < -0.39 is 0 Å². The maximum absolute atomic E-state index is 4.69. The largest absolute Gasteiger partial charge is 0.258 e. The minimum absolute atomic E-state index is 1.04. The first-order valence-electron chi connectivity index (χ1n) is 8.27. The first-order valence-corrected chi connectivity index (χ1v) is 8.27. The maximum atomic E-state index is 4.69. The van der Waals surface area contributed by atoms with E-state index in [1.54, 1.807) is 0 Å². The van der Waals surface area contributed by atoms with Gasteiger partial charge in [-0.05, 0) is 62.7 Å². The Labute approximate surface area is 142 Å². The molecule has 2 aromatic carbocycles. The fraction of sp³-hybridized carbons (Fsp3) is 0.182. The quantitative estimate of drug-likeness (QED) is 0.422. The van der Waals surface area contributed by atoms with Crippen molar-refractivity contribution >= 4 is 21.5 Å². The molecule has 0 aliphatic rings. The zero-order valence-electron chi connectivity index (χ0n) is 14.5. The van der Waals surface area contributed by atoms with Crippen LogP contribution < -0.4 is 0 Å². The van der Waals surface area contributed by atoms with Crippen molar-refractivity contribution < 1.29 is 0 Å². The summed E-state index contributed by atoms with van der Waals surface area (Å²) in [5, 5.41) is 4.88. The molecule has 2 aromatic heterocycles. The van der Waals surface area contributed by atoms with Crippen molar-refractivity contribution in [1.82, 2.24) is 9.97 Å². The fourth-order valence-electron chi connectivity index (χ4n) is 3.72. The zero-order chi connectivity index (χ0) is 16.8. The molecule has 0 atom stereocenters. The van der Waals surface area contributed by atoms with Gasteiger partial charge in [-0.25, -0.2) is 0 Å². The second kappa shape index (κ2) is 5.41. The number of pyridine rings is 2. The van der Waals surface area contributed by atoms with E-state index in [2.05, 4.69) is 68.2 Å². The summed E-state index contributed by atoms with van der Waals surface area (Å²) in [4.78, 5) is 9.36. The molecule has 0 unspecified atom stereocenters. The monoisotopic (exact) mass is 312 g/mol. The van der Waals surface area contributed by atoms with E-state index >= 15 is 0 Å². The number of aryl methyl sites for hydroxylation is 4. The summed E-state index contributed by atoms with van der Waals surface area (Å²) < 4.78 is 0. The Hall–Kier alpha value is -2.74. The molecule has 2 nitrogen and oxygen atoms in total. The van der Waals surface area contributed by atoms with Gasteiger partial charge >= 0.3 is 0 Å². The van der Waals surface area contributed by atoms with Crippen molar-refractivity contribution in [2.75, 3.05) is 0 Å². The summed E-state index contributed by atoms with van der Waals surface area (Å²) in [7, 11) is 0. The van der Waals surface area contributed by atoms with Gasteiger partial charge in [-0.2, -0.15) is 0 Å². The van der Waals surface area contributed by atoms with Gasteiger partial charge in [0.05, 0.1) is 5.69 Å². The molecular formula is C22H20N2. The summed E-state index contributed by atoms with van der Waals surface area (Å²) in [6.07, 6.45) is 1.91. The standard InChI is InChI=1S/C22H20N2/c1-13-9-14(2)11-18(10-13)22-20-6-5-17-12-15(3)24-16(4)21(17)19(20)7-8-23-22/h5-12H,1-4H3. The SMILES string of the molecule is Cc1cc(C)cc(-c2nccc3c2ccc2cc(C)nc(C)c23)c1. The minimum Gasteiger partial charge on any atom is -0.258 e. The number of hydrogen-bond acceptors (Lipinski definition) is 2. The van der Waals surface area contributed by atoms with E-state index in [0.717, 1.165) is 17.1 Å². The predicted molar refractivity (Wildman–Crippen MR) is 101 cm³/mol. The molecule has 0 amide bonds. The first-order chi connectivity index (χ1) is 11.5. The van der Waals surface area contributed by atoms with E-state index in [4.69, 9.17) is 4.98 Å². The number of rotatable bonds is 1. The van der Waals surface area contributed by atoms with Crippen molar-refractivity contribution in [3.63, 3.8) is 0 Å². The molecule has 0 fully saturated rings. The molecule has 0 saturated carbocycles. The summed E-state index contributed by atoms with van der Waals surface area (Å²) in [6, 6.07) is 15.2. The molecule has 4 aromatic rings. The molecule has 0 spiro atoms. The topological polar surface area (TPSA) is 25.8 Å². The van der Waals surface area contributed by atoms with Crippen LogP contribution in [0.1, 0.15) is 22.5 Å². The molecule has 4 rings (SSSR count). The second-order valence-electron chi connectivity index (χ2n) is 6.64. The Morgan fingerprint density at radius 3 is 2.25 bits per heavy atom. The van der Waals surface area contributed by atoms with Crippen molar-refractivity contribution in [2.45, 2.75) is 27.7 Å². The Kier molecular flexibility index (Phi) is 3.34. The van der Waals surface area contributed by atoms with Gasteiger partial charge in [0.2, 0.25) is 0 Å². The van der Waals surface area contributed by atoms with Gasteiger partial charge < -0.3 is 0 Å². The molecule has 2 heterocycles. The highest BCUT2D eigenvalue weighted by atomic mass is 14.7. The van der Waals surface area contributed by atoms with Gasteiger partial charge in [0.15, 0.2) is 0 Å². The number of nitrogens with zero attached hydrogens (tertiary/aromatic N) is 2. The summed E-state index contributed by atoms with van der Waals surface area (Å²) in [5.74, 6) is 0. The van der Waals surface area contributed by atoms with Crippen LogP contribution in [0, 0.1) is 27.7 Å². The number of fused-ring (bicyclic) bond motifs is 3. The molecule has 0 aliphatic carbocycles. The highest BCUT2D eigenvalue weighted by molar-refractivity contribution is 6.12. The molecule has 118 valence electrons. The van der Waals surface area contributed by atoms with Gasteiger partial charge in [0.25, 0.3) is 0 Å². The van der Waals surface area contributed by atoms with E-state index in [0.29, 0.717) is 0 Å². The lowest BCUT2D eigenvalue weighted by Gasteiger charge is -2.12. The lowest BCUT2D eigenvalue weighted by molar-refractivity contribution is 1.15. The lowest BCUT2D eigenvalue weighted by atomic mass is 9.96. The van der Waals surface area contributed by atoms with Crippen molar-refractivity contribution in [3.8, 4) is 11.3 Å². The average Bonchev–Trinajstić information content (AvgIpc) is 2.52. The third-order valence-electron chi connectivity index (χ3n) is 4.54. The van der Waals surface area contributed by atoms with Crippen molar-refractivity contribution in [3.05, 3.63) is 71.2 Å². The summed E-state index contributed by atoms with van der Waals surface area (Å²) in [5.41, 5.74) is 6.88. The third kappa shape index (κ3) is 2.35. The maximum Gasteiger partial charge on any atom is 0.0780 e. The van der Waals surface area contributed by atoms with E-state index in [-0.39, 0.29) is 0 Å². The Bertz CT molecular complexity index is 1070. The van der Waals surface area contributed by atoms with Crippen molar-refractivity contribution in [1.29, 1.82) is 0 Å². The van der Waals surface area contributed by atoms with E-state index in [9.17, 15) is 0 Å². The van der Waals surface area contributed by atoms with Crippen LogP contribution in [-0.2, 0) is 0 Å². The smallest absolute Gasteiger partial charge is 0.0780 e. The molecule has 0 N–H and O–H groups in total. The van der Waals surface area contributed by atoms with Crippen LogP contribution in [0.5, 0.6) is 0 Å². The normalized spacial score (nSPS) is 11.3. The molecular weight excluding hydrogens is 292 g/mol. The van der Waals surface area contributed by atoms with Crippen LogP contribution in [0.25, 0.3) is 32.8 Å². The molecule has 2 heteroatoms. The predicted octanol–water partition coefficient (Wildman–Crippen LogP) is 5.68. The Balaban J connectivity index is 2.10. The lowest BCUT2D eigenvalue weighted by Crippen LogP contribution is -1.92. The Morgan fingerprint density at radius 2 is 1.50 bits per heavy atom. The minimum atomic E-state index is 1.04. The number of benzene rings is 2. The second-order valence-corrected chi connectivity index (χ2v) is 6.64. The average molecular weight is 312 g/mol. The van der Waals surface area contributed by atoms with Gasteiger partial charge in [-0.1, -0.05) is 29.3 Å². The van der Waals surface area contributed by atoms with Gasteiger partial charge in [0, 0.05) is 33.9 Å². The van der Waals surface area contributed by atoms with Crippen LogP contribution in [-0.4, -0.2) is 9.97 Å². The molecule has 0 bridgehead atoms. The number of aromatic nitrogens is 2. The number of hydrogen-bond donors (Lipinski definition) is 0. The third-order valence-corrected chi connectivity index (χ3v) is 4.54. The molecule has 0 saturated heterocycles. The molecule has 24 heavy (non-hydrogen) atoms. The summed E-state index contributed by atoms with van der Waals surface area (Å²) in [6.45, 7) is 8.40. The van der Waals surface area contributed by atoms with E-state index in [1.807, 2.05) is 13.1 Å². The Morgan fingerprint density at radius 1 is 0.750 bits per heavy atom. The first kappa shape index (κ1) is 14.8. The summed E-state index contributed by atoms with van der Waals surface area (Å²) >= 11 is 0. The van der Waals surface area contributed by atoms with Crippen LogP contribution >= 0.6 is 0 Å². The van der Waals surface area contributed by atoms with Gasteiger partial charge in [-0.3, -0.25) is 9.97 Å². The molecule has 0 radical (unpaired) electrons. The van der Waals surface area contributed by atoms with E-state index in [1.165, 1.54) is 38.2 Å². The fourth-order valence-corrected chi connectivity index (χ4v) is 3.72. The van der Waals surface area contributed by atoms with Gasteiger partial charge in [-0.15, -0.1) is 0 Å². The van der Waals surface area contributed by atoms with Crippen LogP contribution in [0.15, 0.2) is 48.7 Å². The highest BCUT2D eigenvalue weighted by Crippen LogP contribution is 2.33. The van der Waals surface area contributed by atoms with Gasteiger partial charge in [0.1, 0.15) is 0 Å². The van der Waals surface area contributed by atoms with Crippen LogP contribution in [0.3, 0.4) is 0 Å². The zero-order valence-corrected chi connectivity index (χ0v) is 14.5. The highest BCUT2D eigenvalue weighted by Gasteiger charge is 2.11. The van der Waals surface area contributed by atoms with Crippen LogP contribution in [0.2, 0.25) is 0 Å².